The zero-order chi connectivity index (χ0) is 13.0. The van der Waals surface area contributed by atoms with Crippen LogP contribution in [0, 0.1) is 17.1 Å². The van der Waals surface area contributed by atoms with E-state index in [1.165, 1.54) is 12.1 Å². The van der Waals surface area contributed by atoms with E-state index in [0.29, 0.717) is 12.4 Å². The third-order valence-corrected chi connectivity index (χ3v) is 3.19. The predicted octanol–water partition coefficient (Wildman–Crippen LogP) is 4.04. The predicted molar refractivity (Wildman–Crippen MR) is 69.6 cm³/mol. The normalized spacial score (nSPS) is 9.83. The number of ether oxygens (including phenoxy) is 1. The Labute approximate surface area is 113 Å². The molecule has 0 bridgehead atoms. The topological polar surface area (TPSA) is 33.0 Å². The van der Waals surface area contributed by atoms with Crippen LogP contribution in [0.1, 0.15) is 11.1 Å². The first-order chi connectivity index (χ1) is 8.70. The smallest absolute Gasteiger partial charge is 0.144 e. The molecular weight excluding hydrogens is 297 g/mol. The number of nitrogens with zero attached hydrogens (tertiary/aromatic N) is 1. The molecule has 0 atom stereocenters. The lowest BCUT2D eigenvalue weighted by Crippen LogP contribution is -1.97. The second-order valence-electron chi connectivity index (χ2n) is 3.63. The summed E-state index contributed by atoms with van der Waals surface area (Å²) in [6.07, 6.45) is 0. The lowest BCUT2D eigenvalue weighted by molar-refractivity contribution is 0.304. The average Bonchev–Trinajstić information content (AvgIpc) is 2.38. The molecule has 0 N–H and O–H groups in total. The van der Waals surface area contributed by atoms with Gasteiger partial charge in [0.25, 0.3) is 0 Å². The number of hydrogen-bond donors (Lipinski definition) is 0. The van der Waals surface area contributed by atoms with Crippen LogP contribution in [0.15, 0.2) is 46.9 Å². The van der Waals surface area contributed by atoms with Crippen molar-refractivity contribution in [3.05, 3.63) is 63.9 Å². The zero-order valence-electron chi connectivity index (χ0n) is 9.36. The average molecular weight is 306 g/mol. The molecule has 0 aliphatic rings. The summed E-state index contributed by atoms with van der Waals surface area (Å²) in [5.74, 6) is -0.163. The van der Waals surface area contributed by atoms with Gasteiger partial charge in [-0.15, -0.1) is 0 Å². The van der Waals surface area contributed by atoms with Crippen LogP contribution in [-0.4, -0.2) is 0 Å². The fraction of sp³-hybridized carbons (Fsp3) is 0.0714. The molecule has 0 unspecified atom stereocenters. The molecule has 0 aliphatic carbocycles. The van der Waals surface area contributed by atoms with E-state index in [0.717, 1.165) is 10.0 Å². The minimum atomic E-state index is -0.567. The Balaban J connectivity index is 2.10. The minimum Gasteiger partial charge on any atom is -0.489 e. The Morgan fingerprint density at radius 1 is 1.22 bits per heavy atom. The van der Waals surface area contributed by atoms with Crippen molar-refractivity contribution in [2.24, 2.45) is 0 Å². The van der Waals surface area contributed by atoms with Gasteiger partial charge in [-0.05, 0) is 18.2 Å². The third kappa shape index (κ3) is 2.88. The second-order valence-corrected chi connectivity index (χ2v) is 4.49. The largest absolute Gasteiger partial charge is 0.489 e. The molecule has 0 fully saturated rings. The summed E-state index contributed by atoms with van der Waals surface area (Å²) < 4.78 is 19.8. The highest BCUT2D eigenvalue weighted by Crippen LogP contribution is 2.20. The number of halogens is 2. The maximum absolute atomic E-state index is 13.3. The van der Waals surface area contributed by atoms with E-state index in [9.17, 15) is 4.39 Å². The summed E-state index contributed by atoms with van der Waals surface area (Å²) in [6.45, 7) is 0.340. The number of rotatable bonds is 3. The monoisotopic (exact) mass is 305 g/mol. The Hall–Kier alpha value is -1.86. The van der Waals surface area contributed by atoms with Gasteiger partial charge in [-0.25, -0.2) is 4.39 Å². The summed E-state index contributed by atoms with van der Waals surface area (Å²) in [4.78, 5) is 0. The van der Waals surface area contributed by atoms with Crippen LogP contribution in [0.5, 0.6) is 5.75 Å². The summed E-state index contributed by atoms with van der Waals surface area (Å²) in [5.41, 5.74) is 0.991. The van der Waals surface area contributed by atoms with Gasteiger partial charge in [-0.3, -0.25) is 0 Å². The van der Waals surface area contributed by atoms with Gasteiger partial charge in [0.15, 0.2) is 0 Å². The molecule has 90 valence electrons. The van der Waals surface area contributed by atoms with E-state index in [-0.39, 0.29) is 5.56 Å². The summed E-state index contributed by atoms with van der Waals surface area (Å²) in [6, 6.07) is 13.6. The van der Waals surface area contributed by atoms with E-state index in [1.807, 2.05) is 24.3 Å². The van der Waals surface area contributed by atoms with Crippen LogP contribution < -0.4 is 4.74 Å². The Morgan fingerprint density at radius 2 is 2.00 bits per heavy atom. The molecule has 2 nitrogen and oxygen atoms in total. The van der Waals surface area contributed by atoms with Gasteiger partial charge >= 0.3 is 0 Å². The molecule has 0 aliphatic heterocycles. The quantitative estimate of drug-likeness (QED) is 0.857. The summed E-state index contributed by atoms with van der Waals surface area (Å²) in [5, 5.41) is 8.62. The first-order valence-electron chi connectivity index (χ1n) is 5.26. The fourth-order valence-corrected chi connectivity index (χ4v) is 1.85. The van der Waals surface area contributed by atoms with Gasteiger partial charge < -0.3 is 4.74 Å². The molecule has 18 heavy (non-hydrogen) atoms. The molecule has 2 aromatic carbocycles. The van der Waals surface area contributed by atoms with Gasteiger partial charge in [0.1, 0.15) is 24.2 Å². The Kier molecular flexibility index (Phi) is 3.96. The maximum atomic E-state index is 13.3. The van der Waals surface area contributed by atoms with Gasteiger partial charge in [-0.2, -0.15) is 5.26 Å². The SMILES string of the molecule is N#Cc1ccc(OCc2ccccc2Br)cc1F. The summed E-state index contributed by atoms with van der Waals surface area (Å²) >= 11 is 3.41. The van der Waals surface area contributed by atoms with Crippen molar-refractivity contribution < 1.29 is 9.13 Å². The fourth-order valence-electron chi connectivity index (χ4n) is 1.45. The van der Waals surface area contributed by atoms with Gasteiger partial charge in [0, 0.05) is 16.1 Å². The van der Waals surface area contributed by atoms with Crippen LogP contribution in [-0.2, 0) is 6.61 Å². The van der Waals surface area contributed by atoms with E-state index in [4.69, 9.17) is 10.00 Å². The Morgan fingerprint density at radius 3 is 2.67 bits per heavy atom. The van der Waals surface area contributed by atoms with E-state index in [2.05, 4.69) is 15.9 Å². The van der Waals surface area contributed by atoms with Crippen LogP contribution in [0.3, 0.4) is 0 Å². The molecule has 0 spiro atoms. The van der Waals surface area contributed by atoms with Crippen LogP contribution in [0.25, 0.3) is 0 Å². The summed E-state index contributed by atoms with van der Waals surface area (Å²) in [7, 11) is 0. The third-order valence-electron chi connectivity index (χ3n) is 2.41. The molecule has 0 heterocycles. The highest BCUT2D eigenvalue weighted by molar-refractivity contribution is 9.10. The lowest BCUT2D eigenvalue weighted by Gasteiger charge is -2.08. The number of benzene rings is 2. The van der Waals surface area contributed by atoms with Crippen molar-refractivity contribution >= 4 is 15.9 Å². The first-order valence-corrected chi connectivity index (χ1v) is 6.06. The van der Waals surface area contributed by atoms with Crippen molar-refractivity contribution in [1.82, 2.24) is 0 Å². The second kappa shape index (κ2) is 5.65. The van der Waals surface area contributed by atoms with Gasteiger partial charge in [-0.1, -0.05) is 34.1 Å². The molecule has 2 rings (SSSR count). The Bertz CT molecular complexity index is 607. The zero-order valence-corrected chi connectivity index (χ0v) is 10.9. The molecule has 2 aromatic rings. The van der Waals surface area contributed by atoms with Gasteiger partial charge in [0.05, 0.1) is 5.56 Å². The van der Waals surface area contributed by atoms with Crippen LogP contribution in [0.2, 0.25) is 0 Å². The maximum Gasteiger partial charge on any atom is 0.144 e. The number of hydrogen-bond acceptors (Lipinski definition) is 2. The van der Waals surface area contributed by atoms with Gasteiger partial charge in [0.2, 0.25) is 0 Å². The van der Waals surface area contributed by atoms with E-state index in [1.54, 1.807) is 12.1 Å². The van der Waals surface area contributed by atoms with E-state index < -0.39 is 5.82 Å². The minimum absolute atomic E-state index is 0.0169. The lowest BCUT2D eigenvalue weighted by atomic mass is 10.2. The van der Waals surface area contributed by atoms with E-state index >= 15 is 0 Å². The highest BCUT2D eigenvalue weighted by Gasteiger charge is 2.04. The van der Waals surface area contributed by atoms with Crippen LogP contribution in [0.4, 0.5) is 4.39 Å². The number of nitriles is 1. The highest BCUT2D eigenvalue weighted by atomic mass is 79.9. The standard InChI is InChI=1S/C14H9BrFNO/c15-13-4-2-1-3-11(13)9-18-12-6-5-10(8-17)14(16)7-12/h1-7H,9H2. The molecule has 4 heteroatoms. The van der Waals surface area contributed by atoms with Crippen molar-refractivity contribution in [1.29, 1.82) is 5.26 Å². The first kappa shape index (κ1) is 12.6. The molecule has 0 saturated heterocycles. The molecule has 0 radical (unpaired) electrons. The molecule has 0 saturated carbocycles. The van der Waals surface area contributed by atoms with Crippen LogP contribution >= 0.6 is 15.9 Å². The molecule has 0 amide bonds. The van der Waals surface area contributed by atoms with Crippen molar-refractivity contribution in [3.8, 4) is 11.8 Å². The molecule has 0 aromatic heterocycles. The molecular formula is C14H9BrFNO. The van der Waals surface area contributed by atoms with Crippen molar-refractivity contribution in [3.63, 3.8) is 0 Å². The van der Waals surface area contributed by atoms with Crippen molar-refractivity contribution in [2.75, 3.05) is 0 Å². The van der Waals surface area contributed by atoms with Crippen molar-refractivity contribution in [2.45, 2.75) is 6.61 Å².